The van der Waals surface area contributed by atoms with Gasteiger partial charge in [0.1, 0.15) is 0 Å². The van der Waals surface area contributed by atoms with E-state index in [-0.39, 0.29) is 12.0 Å². The van der Waals surface area contributed by atoms with Gasteiger partial charge < -0.3 is 0 Å². The van der Waals surface area contributed by atoms with Crippen LogP contribution in [0.25, 0.3) is 0 Å². The van der Waals surface area contributed by atoms with Crippen LogP contribution in [0, 0.1) is 23.2 Å². The Bertz CT molecular complexity index is 369. The van der Waals surface area contributed by atoms with Crippen LogP contribution in [0.15, 0.2) is 0 Å². The van der Waals surface area contributed by atoms with E-state index >= 15 is 0 Å². The van der Waals surface area contributed by atoms with Crippen molar-refractivity contribution in [3.05, 3.63) is 0 Å². The average Bonchev–Trinajstić information content (AvgIpc) is 2.45. The van der Waals surface area contributed by atoms with Gasteiger partial charge in [-0.25, -0.2) is 0 Å². The fourth-order valence-electron chi connectivity index (χ4n) is 3.66. The van der Waals surface area contributed by atoms with Crippen LogP contribution in [0.1, 0.15) is 32.6 Å². The lowest BCUT2D eigenvalue weighted by atomic mass is 9.77. The minimum atomic E-state index is -4.12. The van der Waals surface area contributed by atoms with E-state index < -0.39 is 12.7 Å². The molecule has 3 atom stereocenters. The normalized spacial score (nSPS) is 32.8. The van der Waals surface area contributed by atoms with E-state index in [0.29, 0.717) is 32.1 Å². The Kier molecular flexibility index (Phi) is 5.50. The highest BCUT2D eigenvalue weighted by atomic mass is 19.4. The van der Waals surface area contributed by atoms with E-state index in [2.05, 4.69) is 17.9 Å². The maximum atomic E-state index is 12.4. The van der Waals surface area contributed by atoms with Crippen LogP contribution in [0.2, 0.25) is 0 Å². The molecule has 1 aliphatic carbocycles. The number of nitrogens with zero attached hydrogens (tertiary/aromatic N) is 3. The zero-order valence-electron chi connectivity index (χ0n) is 12.6. The molecule has 0 amide bonds. The lowest BCUT2D eigenvalue weighted by Crippen LogP contribution is -2.54. The second kappa shape index (κ2) is 6.97. The zero-order chi connectivity index (χ0) is 15.5. The third-order valence-corrected chi connectivity index (χ3v) is 4.95. The first-order chi connectivity index (χ1) is 9.93. The van der Waals surface area contributed by atoms with Gasteiger partial charge in [0.25, 0.3) is 0 Å². The van der Waals surface area contributed by atoms with Crippen LogP contribution >= 0.6 is 0 Å². The molecule has 0 spiro atoms. The topological polar surface area (TPSA) is 30.3 Å². The first kappa shape index (κ1) is 16.6. The summed E-state index contributed by atoms with van der Waals surface area (Å²) in [6, 6.07) is 2.65. The number of piperazine rings is 1. The van der Waals surface area contributed by atoms with Crippen molar-refractivity contribution in [2.75, 3.05) is 32.7 Å². The molecule has 3 unspecified atom stereocenters. The Hall–Kier alpha value is -0.800. The largest absolute Gasteiger partial charge is 0.401 e. The van der Waals surface area contributed by atoms with Crippen molar-refractivity contribution in [2.24, 2.45) is 11.8 Å². The molecule has 2 aliphatic rings. The molecule has 2 rings (SSSR count). The predicted octanol–water partition coefficient (Wildman–Crippen LogP) is 2.88. The summed E-state index contributed by atoms with van der Waals surface area (Å²) >= 11 is 0. The van der Waals surface area contributed by atoms with E-state index in [1.807, 2.05) is 0 Å². The molecule has 1 saturated carbocycles. The van der Waals surface area contributed by atoms with Crippen molar-refractivity contribution >= 4 is 0 Å². The second-order valence-electron chi connectivity index (χ2n) is 6.32. The van der Waals surface area contributed by atoms with Crippen LogP contribution in [0.3, 0.4) is 0 Å². The van der Waals surface area contributed by atoms with Gasteiger partial charge in [-0.2, -0.15) is 18.4 Å². The number of nitriles is 1. The molecule has 1 saturated heterocycles. The summed E-state index contributed by atoms with van der Waals surface area (Å²) in [6.45, 7) is 3.56. The fourth-order valence-corrected chi connectivity index (χ4v) is 3.66. The highest BCUT2D eigenvalue weighted by Crippen LogP contribution is 2.34. The van der Waals surface area contributed by atoms with Crippen molar-refractivity contribution in [3.63, 3.8) is 0 Å². The molecule has 21 heavy (non-hydrogen) atoms. The molecular formula is C15H24F3N3. The third kappa shape index (κ3) is 4.58. The molecule has 120 valence electrons. The molecule has 2 fully saturated rings. The number of rotatable bonds is 3. The molecule has 3 nitrogen and oxygen atoms in total. The first-order valence-electron chi connectivity index (χ1n) is 7.85. The van der Waals surface area contributed by atoms with Crippen LogP contribution < -0.4 is 0 Å². The lowest BCUT2D eigenvalue weighted by molar-refractivity contribution is -0.150. The number of hydrogen-bond donors (Lipinski definition) is 0. The maximum Gasteiger partial charge on any atom is 0.401 e. The summed E-state index contributed by atoms with van der Waals surface area (Å²) in [6.07, 6.45) is 0.0773. The molecule has 1 aliphatic heterocycles. The quantitative estimate of drug-likeness (QED) is 0.803. The fraction of sp³-hybridized carbons (Fsp3) is 0.933. The summed E-state index contributed by atoms with van der Waals surface area (Å²) in [5, 5.41) is 9.32. The van der Waals surface area contributed by atoms with Crippen LogP contribution in [-0.2, 0) is 0 Å². The number of hydrogen-bond acceptors (Lipinski definition) is 3. The molecule has 0 aromatic heterocycles. The summed E-state index contributed by atoms with van der Waals surface area (Å²) in [7, 11) is 0. The minimum absolute atomic E-state index is 0.0435. The monoisotopic (exact) mass is 303 g/mol. The number of halogens is 3. The van der Waals surface area contributed by atoms with Gasteiger partial charge in [-0.15, -0.1) is 0 Å². The molecule has 1 heterocycles. The van der Waals surface area contributed by atoms with Crippen LogP contribution in [0.5, 0.6) is 0 Å². The van der Waals surface area contributed by atoms with E-state index in [9.17, 15) is 18.4 Å². The lowest BCUT2D eigenvalue weighted by Gasteiger charge is -2.44. The highest BCUT2D eigenvalue weighted by Gasteiger charge is 2.37. The van der Waals surface area contributed by atoms with Crippen molar-refractivity contribution in [2.45, 2.75) is 44.8 Å². The zero-order valence-corrected chi connectivity index (χ0v) is 12.6. The average molecular weight is 303 g/mol. The summed E-state index contributed by atoms with van der Waals surface area (Å²) in [4.78, 5) is 3.72. The van der Waals surface area contributed by atoms with E-state index in [1.165, 1.54) is 4.90 Å². The molecule has 0 N–H and O–H groups in total. The highest BCUT2D eigenvalue weighted by molar-refractivity contribution is 4.98. The second-order valence-corrected chi connectivity index (χ2v) is 6.32. The van der Waals surface area contributed by atoms with Crippen molar-refractivity contribution in [1.29, 1.82) is 5.26 Å². The third-order valence-electron chi connectivity index (χ3n) is 4.95. The SMILES string of the molecule is CCC1CCC(C#N)C(N2CCN(CC(F)(F)F)CC2)C1. The van der Waals surface area contributed by atoms with Gasteiger partial charge in [0.15, 0.2) is 0 Å². The van der Waals surface area contributed by atoms with Crippen molar-refractivity contribution in [1.82, 2.24) is 9.80 Å². The van der Waals surface area contributed by atoms with E-state index in [0.717, 1.165) is 25.7 Å². The molecule has 0 aromatic rings. The van der Waals surface area contributed by atoms with Gasteiger partial charge in [-0.05, 0) is 25.2 Å². The molecular weight excluding hydrogens is 279 g/mol. The number of alkyl halides is 3. The maximum absolute atomic E-state index is 12.4. The Morgan fingerprint density at radius 1 is 1.14 bits per heavy atom. The molecule has 6 heteroatoms. The molecule has 0 radical (unpaired) electrons. The Balaban J connectivity index is 1.89. The molecule has 0 aromatic carbocycles. The standard InChI is InChI=1S/C15H24F3N3/c1-2-12-3-4-13(10-19)14(9-12)21-7-5-20(6-8-21)11-15(16,17)18/h12-14H,2-9,11H2,1H3. The molecule has 0 bridgehead atoms. The summed E-state index contributed by atoms with van der Waals surface area (Å²) in [5.41, 5.74) is 0. The van der Waals surface area contributed by atoms with Gasteiger partial charge in [0.2, 0.25) is 0 Å². The Morgan fingerprint density at radius 3 is 2.33 bits per heavy atom. The van der Waals surface area contributed by atoms with Crippen LogP contribution in [-0.4, -0.2) is 54.7 Å². The van der Waals surface area contributed by atoms with Gasteiger partial charge in [0, 0.05) is 32.2 Å². The summed E-state index contributed by atoms with van der Waals surface area (Å²) < 4.78 is 37.2. The van der Waals surface area contributed by atoms with Gasteiger partial charge >= 0.3 is 6.18 Å². The first-order valence-corrected chi connectivity index (χ1v) is 7.85. The van der Waals surface area contributed by atoms with E-state index in [1.54, 1.807) is 0 Å². The Morgan fingerprint density at radius 2 is 1.81 bits per heavy atom. The Labute approximate surface area is 124 Å². The van der Waals surface area contributed by atoms with Gasteiger partial charge in [-0.1, -0.05) is 13.3 Å². The van der Waals surface area contributed by atoms with Crippen molar-refractivity contribution in [3.8, 4) is 6.07 Å². The summed E-state index contributed by atoms with van der Waals surface area (Å²) in [5.74, 6) is 0.703. The van der Waals surface area contributed by atoms with E-state index in [4.69, 9.17) is 0 Å². The smallest absolute Gasteiger partial charge is 0.297 e. The van der Waals surface area contributed by atoms with Gasteiger partial charge in [0.05, 0.1) is 18.5 Å². The minimum Gasteiger partial charge on any atom is -0.297 e. The van der Waals surface area contributed by atoms with Crippen molar-refractivity contribution < 1.29 is 13.2 Å². The van der Waals surface area contributed by atoms with Gasteiger partial charge in [-0.3, -0.25) is 9.80 Å². The predicted molar refractivity (Wildman–Crippen MR) is 74.6 cm³/mol. The van der Waals surface area contributed by atoms with Crippen LogP contribution in [0.4, 0.5) is 13.2 Å².